The Hall–Kier alpha value is -0.380. The largest absolute Gasteiger partial charge is 0.312 e. The van der Waals surface area contributed by atoms with Gasteiger partial charge in [0.15, 0.2) is 0 Å². The lowest BCUT2D eigenvalue weighted by molar-refractivity contribution is 0.645. The number of thiophene rings is 1. The molecule has 0 aliphatic carbocycles. The molecule has 0 aromatic carbocycles. The second-order valence-electron chi connectivity index (χ2n) is 4.43. The van der Waals surface area contributed by atoms with E-state index in [0.29, 0.717) is 0 Å². The van der Waals surface area contributed by atoms with Crippen molar-refractivity contribution in [3.63, 3.8) is 0 Å². The predicted octanol–water partition coefficient (Wildman–Crippen LogP) is 3.53. The summed E-state index contributed by atoms with van der Waals surface area (Å²) < 4.78 is 0. The molecular weight excluding hydrogens is 228 g/mol. The molecule has 0 saturated heterocycles. The van der Waals surface area contributed by atoms with Gasteiger partial charge in [-0.05, 0) is 38.1 Å². The molecular formula is C14H26N2S. The SMILES string of the molecule is CCCCNCc1ccc(CNCCCC)s1. The molecule has 0 aliphatic rings. The number of rotatable bonds is 10. The Balaban J connectivity index is 2.14. The lowest BCUT2D eigenvalue weighted by atomic mass is 10.3. The zero-order valence-electron chi connectivity index (χ0n) is 11.2. The Morgan fingerprint density at radius 3 is 1.76 bits per heavy atom. The van der Waals surface area contributed by atoms with E-state index in [-0.39, 0.29) is 0 Å². The van der Waals surface area contributed by atoms with E-state index in [9.17, 15) is 0 Å². The van der Waals surface area contributed by atoms with E-state index in [2.05, 4.69) is 36.6 Å². The Labute approximate surface area is 110 Å². The van der Waals surface area contributed by atoms with Gasteiger partial charge in [-0.25, -0.2) is 0 Å². The summed E-state index contributed by atoms with van der Waals surface area (Å²) in [5, 5.41) is 6.96. The quantitative estimate of drug-likeness (QED) is 0.624. The molecule has 2 nitrogen and oxygen atoms in total. The van der Waals surface area contributed by atoms with E-state index < -0.39 is 0 Å². The van der Waals surface area contributed by atoms with Gasteiger partial charge in [-0.15, -0.1) is 11.3 Å². The van der Waals surface area contributed by atoms with Crippen LogP contribution in [0.2, 0.25) is 0 Å². The summed E-state index contributed by atoms with van der Waals surface area (Å²) in [5.74, 6) is 0. The highest BCUT2D eigenvalue weighted by molar-refractivity contribution is 7.11. The van der Waals surface area contributed by atoms with Crippen molar-refractivity contribution in [2.75, 3.05) is 13.1 Å². The molecule has 3 heteroatoms. The van der Waals surface area contributed by atoms with Gasteiger partial charge in [0.05, 0.1) is 0 Å². The highest BCUT2D eigenvalue weighted by Gasteiger charge is 1.99. The van der Waals surface area contributed by atoms with E-state index in [1.165, 1.54) is 35.4 Å². The first kappa shape index (κ1) is 14.7. The second kappa shape index (κ2) is 9.63. The van der Waals surface area contributed by atoms with Crippen LogP contribution in [0.4, 0.5) is 0 Å². The van der Waals surface area contributed by atoms with Crippen LogP contribution in [0.15, 0.2) is 12.1 Å². The Kier molecular flexibility index (Phi) is 8.32. The van der Waals surface area contributed by atoms with Gasteiger partial charge in [-0.2, -0.15) is 0 Å². The summed E-state index contributed by atoms with van der Waals surface area (Å²) in [7, 11) is 0. The number of hydrogen-bond donors (Lipinski definition) is 2. The van der Waals surface area contributed by atoms with Crippen molar-refractivity contribution in [1.29, 1.82) is 0 Å². The first-order chi connectivity index (χ1) is 8.36. The van der Waals surface area contributed by atoms with Gasteiger partial charge < -0.3 is 10.6 Å². The second-order valence-corrected chi connectivity index (χ2v) is 5.68. The highest BCUT2D eigenvalue weighted by Crippen LogP contribution is 2.16. The maximum atomic E-state index is 3.48. The molecule has 1 aromatic heterocycles. The Morgan fingerprint density at radius 1 is 0.882 bits per heavy atom. The number of hydrogen-bond acceptors (Lipinski definition) is 3. The normalized spacial score (nSPS) is 10.9. The van der Waals surface area contributed by atoms with Gasteiger partial charge in [0.1, 0.15) is 0 Å². The number of nitrogens with one attached hydrogen (secondary N) is 2. The van der Waals surface area contributed by atoms with Crippen molar-refractivity contribution in [3.8, 4) is 0 Å². The third-order valence-corrected chi connectivity index (χ3v) is 3.82. The summed E-state index contributed by atoms with van der Waals surface area (Å²) in [6, 6.07) is 4.50. The summed E-state index contributed by atoms with van der Waals surface area (Å²) in [6.07, 6.45) is 5.09. The van der Waals surface area contributed by atoms with Crippen LogP contribution in [0.5, 0.6) is 0 Å². The predicted molar refractivity (Wildman–Crippen MR) is 77.5 cm³/mol. The van der Waals surface area contributed by atoms with Crippen molar-refractivity contribution in [3.05, 3.63) is 21.9 Å². The summed E-state index contributed by atoms with van der Waals surface area (Å²) in [4.78, 5) is 2.90. The molecule has 1 rings (SSSR count). The first-order valence-electron chi connectivity index (χ1n) is 6.85. The lowest BCUT2D eigenvalue weighted by Gasteiger charge is -2.01. The third kappa shape index (κ3) is 6.81. The molecule has 0 saturated carbocycles. The molecule has 0 fully saturated rings. The first-order valence-corrected chi connectivity index (χ1v) is 7.67. The van der Waals surface area contributed by atoms with Gasteiger partial charge in [0, 0.05) is 22.8 Å². The minimum absolute atomic E-state index is 1.03. The molecule has 0 amide bonds. The van der Waals surface area contributed by atoms with Gasteiger partial charge in [0.25, 0.3) is 0 Å². The van der Waals surface area contributed by atoms with Gasteiger partial charge in [0.2, 0.25) is 0 Å². The van der Waals surface area contributed by atoms with Crippen LogP contribution in [0.1, 0.15) is 49.3 Å². The summed E-state index contributed by atoms with van der Waals surface area (Å²) >= 11 is 1.92. The average Bonchev–Trinajstić information content (AvgIpc) is 2.78. The molecule has 0 bridgehead atoms. The average molecular weight is 254 g/mol. The van der Waals surface area contributed by atoms with Crippen LogP contribution in [0.3, 0.4) is 0 Å². The van der Waals surface area contributed by atoms with Crippen LogP contribution in [-0.4, -0.2) is 13.1 Å². The fraction of sp³-hybridized carbons (Fsp3) is 0.714. The van der Waals surface area contributed by atoms with Crippen LogP contribution < -0.4 is 10.6 Å². The Morgan fingerprint density at radius 2 is 1.35 bits per heavy atom. The monoisotopic (exact) mass is 254 g/mol. The van der Waals surface area contributed by atoms with Crippen LogP contribution in [0.25, 0.3) is 0 Å². The molecule has 0 spiro atoms. The molecule has 0 unspecified atom stereocenters. The standard InChI is InChI=1S/C14H26N2S/c1-3-5-9-15-11-13-7-8-14(17-13)12-16-10-6-4-2/h7-8,15-16H,3-6,9-12H2,1-2H3. The minimum atomic E-state index is 1.03. The maximum Gasteiger partial charge on any atom is 0.0299 e. The van der Waals surface area contributed by atoms with Crippen molar-refractivity contribution in [1.82, 2.24) is 10.6 Å². The molecule has 0 radical (unpaired) electrons. The number of unbranched alkanes of at least 4 members (excludes halogenated alkanes) is 2. The van der Waals surface area contributed by atoms with Crippen LogP contribution >= 0.6 is 11.3 Å². The van der Waals surface area contributed by atoms with Crippen molar-refractivity contribution in [2.45, 2.75) is 52.6 Å². The van der Waals surface area contributed by atoms with E-state index in [4.69, 9.17) is 0 Å². The molecule has 98 valence electrons. The Bertz CT molecular complexity index is 257. The molecule has 2 N–H and O–H groups in total. The van der Waals surface area contributed by atoms with Crippen molar-refractivity contribution in [2.24, 2.45) is 0 Å². The van der Waals surface area contributed by atoms with Crippen LogP contribution in [0, 0.1) is 0 Å². The summed E-state index contributed by atoms with van der Waals surface area (Å²) in [5.41, 5.74) is 0. The van der Waals surface area contributed by atoms with Crippen molar-refractivity contribution < 1.29 is 0 Å². The zero-order valence-corrected chi connectivity index (χ0v) is 12.0. The van der Waals surface area contributed by atoms with E-state index in [1.54, 1.807) is 0 Å². The molecule has 17 heavy (non-hydrogen) atoms. The third-order valence-electron chi connectivity index (χ3n) is 2.73. The topological polar surface area (TPSA) is 24.1 Å². The van der Waals surface area contributed by atoms with E-state index in [0.717, 1.165) is 26.2 Å². The van der Waals surface area contributed by atoms with Gasteiger partial charge in [-0.1, -0.05) is 26.7 Å². The minimum Gasteiger partial charge on any atom is -0.312 e. The molecule has 0 atom stereocenters. The zero-order chi connectivity index (χ0) is 12.3. The summed E-state index contributed by atoms with van der Waals surface area (Å²) in [6.45, 7) is 8.79. The molecule has 0 aliphatic heterocycles. The highest BCUT2D eigenvalue weighted by atomic mass is 32.1. The maximum absolute atomic E-state index is 3.48. The van der Waals surface area contributed by atoms with Crippen LogP contribution in [-0.2, 0) is 13.1 Å². The lowest BCUT2D eigenvalue weighted by Crippen LogP contribution is -2.14. The molecule has 1 heterocycles. The molecule has 1 aromatic rings. The fourth-order valence-electron chi connectivity index (χ4n) is 1.64. The van der Waals surface area contributed by atoms with E-state index >= 15 is 0 Å². The van der Waals surface area contributed by atoms with Gasteiger partial charge >= 0.3 is 0 Å². The van der Waals surface area contributed by atoms with Gasteiger partial charge in [-0.3, -0.25) is 0 Å². The fourth-order valence-corrected chi connectivity index (χ4v) is 2.60. The van der Waals surface area contributed by atoms with E-state index in [1.807, 2.05) is 11.3 Å². The van der Waals surface area contributed by atoms with Crippen molar-refractivity contribution >= 4 is 11.3 Å². The smallest absolute Gasteiger partial charge is 0.0299 e.